The Morgan fingerprint density at radius 2 is 2.20 bits per heavy atom. The van der Waals surface area contributed by atoms with Crippen molar-refractivity contribution in [1.82, 2.24) is 5.32 Å². The van der Waals surface area contributed by atoms with Crippen molar-refractivity contribution < 1.29 is 4.74 Å². The average Bonchev–Trinajstić information content (AvgIpc) is 2.80. The average molecular weight is 209 g/mol. The van der Waals surface area contributed by atoms with Crippen LogP contribution in [0.5, 0.6) is 0 Å². The Morgan fingerprint density at radius 3 is 2.80 bits per heavy atom. The zero-order valence-corrected chi connectivity index (χ0v) is 9.80. The molecule has 1 saturated carbocycles. The third-order valence-electron chi connectivity index (χ3n) is 3.80. The first-order chi connectivity index (χ1) is 7.40. The van der Waals surface area contributed by atoms with E-state index in [1.165, 1.54) is 50.5 Å². The first kappa shape index (κ1) is 11.0. The zero-order chi connectivity index (χ0) is 10.5. The van der Waals surface area contributed by atoms with Crippen molar-refractivity contribution >= 4 is 0 Å². The molecule has 0 aromatic carbocycles. The summed E-state index contributed by atoms with van der Waals surface area (Å²) in [6.07, 6.45) is 11.5. The van der Waals surface area contributed by atoms with Crippen LogP contribution in [-0.2, 0) is 4.74 Å². The Hall–Kier alpha value is -0.500. The molecule has 1 fully saturated rings. The van der Waals surface area contributed by atoms with Gasteiger partial charge in [-0.05, 0) is 37.8 Å². The summed E-state index contributed by atoms with van der Waals surface area (Å²) in [5, 5.41) is 3.45. The monoisotopic (exact) mass is 209 g/mol. The van der Waals surface area contributed by atoms with Gasteiger partial charge in [0, 0.05) is 6.04 Å². The summed E-state index contributed by atoms with van der Waals surface area (Å²) in [6.45, 7) is 0.906. The molecule has 0 spiro atoms. The summed E-state index contributed by atoms with van der Waals surface area (Å²) >= 11 is 0. The van der Waals surface area contributed by atoms with Gasteiger partial charge < -0.3 is 10.1 Å². The van der Waals surface area contributed by atoms with Gasteiger partial charge in [0.05, 0.1) is 12.9 Å². The van der Waals surface area contributed by atoms with Gasteiger partial charge in [-0.2, -0.15) is 0 Å². The highest BCUT2D eigenvalue weighted by molar-refractivity contribution is 5.10. The molecule has 2 rings (SSSR count). The molecule has 0 radical (unpaired) electrons. The van der Waals surface area contributed by atoms with Crippen LogP contribution in [0.25, 0.3) is 0 Å². The van der Waals surface area contributed by atoms with Crippen molar-refractivity contribution in [2.24, 2.45) is 5.92 Å². The van der Waals surface area contributed by atoms with Gasteiger partial charge in [-0.1, -0.05) is 25.7 Å². The maximum Gasteiger partial charge on any atom is 0.0876 e. The van der Waals surface area contributed by atoms with Crippen molar-refractivity contribution in [3.8, 4) is 0 Å². The van der Waals surface area contributed by atoms with E-state index in [0.717, 1.165) is 12.5 Å². The molecule has 2 heteroatoms. The second kappa shape index (κ2) is 5.55. The van der Waals surface area contributed by atoms with Gasteiger partial charge in [0.1, 0.15) is 0 Å². The molecule has 2 aliphatic rings. The second-order valence-corrected chi connectivity index (χ2v) is 4.89. The second-order valence-electron chi connectivity index (χ2n) is 4.89. The van der Waals surface area contributed by atoms with Crippen molar-refractivity contribution in [3.05, 3.63) is 11.8 Å². The van der Waals surface area contributed by atoms with E-state index in [2.05, 4.69) is 12.4 Å². The van der Waals surface area contributed by atoms with Crippen LogP contribution in [0, 0.1) is 5.92 Å². The van der Waals surface area contributed by atoms with Crippen LogP contribution in [0.1, 0.15) is 44.9 Å². The maximum atomic E-state index is 5.43. The van der Waals surface area contributed by atoms with E-state index in [1.807, 2.05) is 6.26 Å². The summed E-state index contributed by atoms with van der Waals surface area (Å²) in [6, 6.07) is 0.563. The first-order valence-electron chi connectivity index (χ1n) is 6.38. The van der Waals surface area contributed by atoms with Gasteiger partial charge >= 0.3 is 0 Å². The predicted octanol–water partition coefficient (Wildman–Crippen LogP) is 2.85. The number of likely N-dealkylation sites (N-methyl/N-ethyl adjacent to an activating group) is 1. The van der Waals surface area contributed by atoms with Crippen LogP contribution in [-0.4, -0.2) is 19.7 Å². The highest BCUT2D eigenvalue weighted by Gasteiger charge is 2.22. The van der Waals surface area contributed by atoms with E-state index in [0.29, 0.717) is 6.04 Å². The number of rotatable bonds is 4. The molecule has 0 saturated heterocycles. The lowest BCUT2D eigenvalue weighted by Crippen LogP contribution is -2.30. The van der Waals surface area contributed by atoms with E-state index in [9.17, 15) is 0 Å². The van der Waals surface area contributed by atoms with Crippen LogP contribution < -0.4 is 5.32 Å². The highest BCUT2D eigenvalue weighted by atomic mass is 16.5. The van der Waals surface area contributed by atoms with Crippen LogP contribution in [0.4, 0.5) is 0 Å². The van der Waals surface area contributed by atoms with Gasteiger partial charge in [-0.15, -0.1) is 0 Å². The van der Waals surface area contributed by atoms with Gasteiger partial charge in [0.25, 0.3) is 0 Å². The molecule has 0 aromatic heterocycles. The van der Waals surface area contributed by atoms with Crippen LogP contribution in [0.3, 0.4) is 0 Å². The minimum atomic E-state index is 0.563. The minimum absolute atomic E-state index is 0.563. The van der Waals surface area contributed by atoms with Gasteiger partial charge in [-0.3, -0.25) is 0 Å². The zero-order valence-electron chi connectivity index (χ0n) is 9.80. The highest BCUT2D eigenvalue weighted by Crippen LogP contribution is 2.31. The molecule has 2 nitrogen and oxygen atoms in total. The Labute approximate surface area is 93.1 Å². The van der Waals surface area contributed by atoms with Gasteiger partial charge in [-0.25, -0.2) is 0 Å². The summed E-state index contributed by atoms with van der Waals surface area (Å²) in [4.78, 5) is 0. The smallest absolute Gasteiger partial charge is 0.0876 e. The predicted molar refractivity (Wildman–Crippen MR) is 62.7 cm³/mol. The maximum absolute atomic E-state index is 5.43. The SMILES string of the molecule is CNC(CC1CCCC1)C1=COCCC1. The van der Waals surface area contributed by atoms with Crippen LogP contribution >= 0.6 is 0 Å². The van der Waals surface area contributed by atoms with E-state index in [4.69, 9.17) is 4.74 Å². The van der Waals surface area contributed by atoms with E-state index in [1.54, 1.807) is 0 Å². The normalized spacial score (nSPS) is 24.7. The molecule has 0 aromatic rings. The summed E-state index contributed by atoms with van der Waals surface area (Å²) in [5.41, 5.74) is 1.48. The summed E-state index contributed by atoms with van der Waals surface area (Å²) in [7, 11) is 2.08. The Kier molecular flexibility index (Phi) is 4.07. The molecule has 0 bridgehead atoms. The number of nitrogens with one attached hydrogen (secondary N) is 1. The van der Waals surface area contributed by atoms with Crippen molar-refractivity contribution in [3.63, 3.8) is 0 Å². The Balaban J connectivity index is 1.87. The molecule has 1 aliphatic heterocycles. The van der Waals surface area contributed by atoms with Gasteiger partial charge in [0.15, 0.2) is 0 Å². The summed E-state index contributed by atoms with van der Waals surface area (Å²) < 4.78 is 5.43. The number of ether oxygens (including phenoxy) is 1. The largest absolute Gasteiger partial charge is 0.501 e. The molecule has 1 atom stereocenters. The molecule has 86 valence electrons. The molecular formula is C13H23NO. The topological polar surface area (TPSA) is 21.3 Å². The van der Waals surface area contributed by atoms with E-state index in [-0.39, 0.29) is 0 Å². The third-order valence-corrected chi connectivity index (χ3v) is 3.80. The molecule has 1 heterocycles. The third kappa shape index (κ3) is 2.97. The lowest BCUT2D eigenvalue weighted by Gasteiger charge is -2.25. The fraction of sp³-hybridized carbons (Fsp3) is 0.846. The quantitative estimate of drug-likeness (QED) is 0.768. The number of hydrogen-bond acceptors (Lipinski definition) is 2. The Bertz CT molecular complexity index is 219. The van der Waals surface area contributed by atoms with Crippen LogP contribution in [0.2, 0.25) is 0 Å². The van der Waals surface area contributed by atoms with E-state index < -0.39 is 0 Å². The molecule has 1 aliphatic carbocycles. The summed E-state index contributed by atoms with van der Waals surface area (Å²) in [5.74, 6) is 0.949. The minimum Gasteiger partial charge on any atom is -0.501 e. The van der Waals surface area contributed by atoms with E-state index >= 15 is 0 Å². The lowest BCUT2D eigenvalue weighted by molar-refractivity contribution is 0.217. The standard InChI is InChI=1S/C13H23NO/c1-14-13(9-11-5-2-3-6-11)12-7-4-8-15-10-12/h10-11,13-14H,2-9H2,1H3. The fourth-order valence-corrected chi connectivity index (χ4v) is 2.87. The first-order valence-corrected chi connectivity index (χ1v) is 6.38. The molecule has 15 heavy (non-hydrogen) atoms. The lowest BCUT2D eigenvalue weighted by atomic mass is 9.91. The van der Waals surface area contributed by atoms with Crippen LogP contribution in [0.15, 0.2) is 11.8 Å². The van der Waals surface area contributed by atoms with Gasteiger partial charge in [0.2, 0.25) is 0 Å². The van der Waals surface area contributed by atoms with Crippen molar-refractivity contribution in [1.29, 1.82) is 0 Å². The molecule has 1 unspecified atom stereocenters. The molecule has 1 N–H and O–H groups in total. The Morgan fingerprint density at radius 1 is 1.40 bits per heavy atom. The van der Waals surface area contributed by atoms with Crippen molar-refractivity contribution in [2.45, 2.75) is 51.0 Å². The number of hydrogen-bond donors (Lipinski definition) is 1. The van der Waals surface area contributed by atoms with Crippen molar-refractivity contribution in [2.75, 3.05) is 13.7 Å². The molecule has 0 amide bonds. The fourth-order valence-electron chi connectivity index (χ4n) is 2.87. The molecular weight excluding hydrogens is 186 g/mol.